The predicted molar refractivity (Wildman–Crippen MR) is 85.8 cm³/mol. The van der Waals surface area contributed by atoms with Crippen LogP contribution < -0.4 is 5.32 Å². The summed E-state index contributed by atoms with van der Waals surface area (Å²) in [5.74, 6) is 0.344. The van der Waals surface area contributed by atoms with Crippen molar-refractivity contribution in [3.63, 3.8) is 0 Å². The maximum absolute atomic E-state index is 12.5. The molecule has 1 aliphatic rings. The lowest BCUT2D eigenvalue weighted by Crippen LogP contribution is -2.39. The summed E-state index contributed by atoms with van der Waals surface area (Å²) in [7, 11) is 0. The van der Waals surface area contributed by atoms with Gasteiger partial charge in [-0.2, -0.15) is 0 Å². The highest BCUT2D eigenvalue weighted by Crippen LogP contribution is 2.18. The van der Waals surface area contributed by atoms with Crippen LogP contribution in [0.3, 0.4) is 0 Å². The Bertz CT molecular complexity index is 530. The number of hydrogen-bond acceptors (Lipinski definition) is 3. The molecule has 0 spiro atoms. The molecule has 1 unspecified atom stereocenters. The van der Waals surface area contributed by atoms with Crippen molar-refractivity contribution in [1.82, 2.24) is 15.2 Å². The number of aromatic nitrogens is 1. The molecular formula is C17H25N3O2. The highest BCUT2D eigenvalue weighted by molar-refractivity contribution is 5.99. The van der Waals surface area contributed by atoms with Gasteiger partial charge in [-0.15, -0.1) is 0 Å². The van der Waals surface area contributed by atoms with Gasteiger partial charge in [-0.25, -0.2) is 0 Å². The Balaban J connectivity index is 2.04. The molecule has 22 heavy (non-hydrogen) atoms. The molecule has 0 saturated carbocycles. The minimum absolute atomic E-state index is 0.0257. The van der Waals surface area contributed by atoms with Crippen molar-refractivity contribution >= 4 is 11.8 Å². The average molecular weight is 303 g/mol. The van der Waals surface area contributed by atoms with Gasteiger partial charge in [0.05, 0.1) is 11.1 Å². The number of carbonyl (C=O) groups excluding carboxylic acids is 2. The SMILES string of the molecule is CCCCNC(=O)c1cncc(C(=O)N2CCCC(C)C2)c1. The molecule has 1 saturated heterocycles. The van der Waals surface area contributed by atoms with E-state index in [1.807, 2.05) is 4.90 Å². The molecule has 1 aromatic rings. The lowest BCUT2D eigenvalue weighted by molar-refractivity contribution is 0.0682. The van der Waals surface area contributed by atoms with Crippen LogP contribution in [0.25, 0.3) is 0 Å². The number of pyridine rings is 1. The summed E-state index contributed by atoms with van der Waals surface area (Å²) >= 11 is 0. The Hall–Kier alpha value is -1.91. The predicted octanol–water partition coefficient (Wildman–Crippen LogP) is 2.48. The summed E-state index contributed by atoms with van der Waals surface area (Å²) in [6.45, 7) is 6.46. The van der Waals surface area contributed by atoms with Crippen LogP contribution in [-0.4, -0.2) is 41.3 Å². The second-order valence-electron chi connectivity index (χ2n) is 6.07. The standard InChI is InChI=1S/C17H25N3O2/c1-3-4-7-19-16(21)14-9-15(11-18-10-14)17(22)20-8-5-6-13(2)12-20/h9-11,13H,3-8,12H2,1-2H3,(H,19,21). The number of likely N-dealkylation sites (tertiary alicyclic amines) is 1. The average Bonchev–Trinajstić information content (AvgIpc) is 2.54. The summed E-state index contributed by atoms with van der Waals surface area (Å²) in [6, 6.07) is 1.65. The van der Waals surface area contributed by atoms with E-state index in [1.165, 1.54) is 12.6 Å². The molecule has 1 atom stereocenters. The van der Waals surface area contributed by atoms with Crippen LogP contribution in [0.5, 0.6) is 0 Å². The fourth-order valence-corrected chi connectivity index (χ4v) is 2.72. The molecule has 120 valence electrons. The third-order valence-corrected chi connectivity index (χ3v) is 4.01. The van der Waals surface area contributed by atoms with Gasteiger partial charge < -0.3 is 10.2 Å². The Morgan fingerprint density at radius 3 is 2.86 bits per heavy atom. The van der Waals surface area contributed by atoms with E-state index in [0.29, 0.717) is 23.6 Å². The molecular weight excluding hydrogens is 278 g/mol. The number of nitrogens with zero attached hydrogens (tertiary/aromatic N) is 2. The monoisotopic (exact) mass is 303 g/mol. The molecule has 5 nitrogen and oxygen atoms in total. The van der Waals surface area contributed by atoms with Crippen LogP contribution in [0.1, 0.15) is 60.2 Å². The van der Waals surface area contributed by atoms with Gasteiger partial charge in [0.15, 0.2) is 0 Å². The van der Waals surface area contributed by atoms with E-state index < -0.39 is 0 Å². The molecule has 2 heterocycles. The fourth-order valence-electron chi connectivity index (χ4n) is 2.72. The minimum Gasteiger partial charge on any atom is -0.352 e. The summed E-state index contributed by atoms with van der Waals surface area (Å²) in [5.41, 5.74) is 0.948. The summed E-state index contributed by atoms with van der Waals surface area (Å²) in [6.07, 6.45) is 7.24. The van der Waals surface area contributed by atoms with E-state index in [2.05, 4.69) is 24.1 Å². The number of carbonyl (C=O) groups is 2. The fraction of sp³-hybridized carbons (Fsp3) is 0.588. The first-order chi connectivity index (χ1) is 10.6. The number of nitrogens with one attached hydrogen (secondary N) is 1. The highest BCUT2D eigenvalue weighted by Gasteiger charge is 2.22. The van der Waals surface area contributed by atoms with Crippen LogP contribution >= 0.6 is 0 Å². The first-order valence-electron chi connectivity index (χ1n) is 8.14. The van der Waals surface area contributed by atoms with E-state index in [4.69, 9.17) is 0 Å². The van der Waals surface area contributed by atoms with Crippen molar-refractivity contribution < 1.29 is 9.59 Å². The largest absolute Gasteiger partial charge is 0.352 e. The second kappa shape index (κ2) is 7.92. The van der Waals surface area contributed by atoms with Gasteiger partial charge in [-0.1, -0.05) is 20.3 Å². The smallest absolute Gasteiger partial charge is 0.255 e. The van der Waals surface area contributed by atoms with Gasteiger partial charge in [0, 0.05) is 32.0 Å². The number of rotatable bonds is 5. The molecule has 1 aliphatic heterocycles. The molecule has 0 aliphatic carbocycles. The topological polar surface area (TPSA) is 62.3 Å². The van der Waals surface area contributed by atoms with Gasteiger partial charge in [0.1, 0.15) is 0 Å². The molecule has 1 fully saturated rings. The minimum atomic E-state index is -0.164. The van der Waals surface area contributed by atoms with Crippen molar-refractivity contribution in [2.45, 2.75) is 39.5 Å². The zero-order valence-corrected chi connectivity index (χ0v) is 13.5. The number of hydrogen-bond donors (Lipinski definition) is 1. The second-order valence-corrected chi connectivity index (χ2v) is 6.07. The molecule has 2 rings (SSSR count). The van der Waals surface area contributed by atoms with Gasteiger partial charge >= 0.3 is 0 Å². The van der Waals surface area contributed by atoms with Gasteiger partial charge in [-0.3, -0.25) is 14.6 Å². The summed E-state index contributed by atoms with van der Waals surface area (Å²) in [5, 5.41) is 2.85. The van der Waals surface area contributed by atoms with Crippen LogP contribution in [0.15, 0.2) is 18.5 Å². The van der Waals surface area contributed by atoms with Crippen molar-refractivity contribution in [2.75, 3.05) is 19.6 Å². The zero-order valence-electron chi connectivity index (χ0n) is 13.5. The summed E-state index contributed by atoms with van der Waals surface area (Å²) in [4.78, 5) is 30.5. The third-order valence-electron chi connectivity index (χ3n) is 4.01. The molecule has 1 N–H and O–H groups in total. The van der Waals surface area contributed by atoms with Crippen molar-refractivity contribution in [3.05, 3.63) is 29.6 Å². The van der Waals surface area contributed by atoms with Crippen molar-refractivity contribution in [2.24, 2.45) is 5.92 Å². The Morgan fingerprint density at radius 2 is 2.14 bits per heavy atom. The van der Waals surface area contributed by atoms with Crippen molar-refractivity contribution in [3.8, 4) is 0 Å². The van der Waals surface area contributed by atoms with Gasteiger partial charge in [0.2, 0.25) is 0 Å². The van der Waals surface area contributed by atoms with Crippen LogP contribution in [0.4, 0.5) is 0 Å². The van der Waals surface area contributed by atoms with Gasteiger partial charge in [0.25, 0.3) is 11.8 Å². The Morgan fingerprint density at radius 1 is 1.36 bits per heavy atom. The van der Waals surface area contributed by atoms with E-state index in [-0.39, 0.29) is 11.8 Å². The molecule has 0 bridgehead atoms. The van der Waals surface area contributed by atoms with Crippen LogP contribution in [0.2, 0.25) is 0 Å². The van der Waals surface area contributed by atoms with E-state index in [0.717, 1.165) is 32.4 Å². The van der Waals surface area contributed by atoms with Crippen molar-refractivity contribution in [1.29, 1.82) is 0 Å². The lowest BCUT2D eigenvalue weighted by atomic mass is 9.99. The summed E-state index contributed by atoms with van der Waals surface area (Å²) < 4.78 is 0. The molecule has 5 heteroatoms. The van der Waals surface area contributed by atoms with Crippen LogP contribution in [0, 0.1) is 5.92 Å². The first-order valence-corrected chi connectivity index (χ1v) is 8.14. The normalized spacial score (nSPS) is 18.1. The maximum atomic E-state index is 12.5. The van der Waals surface area contributed by atoms with E-state index in [1.54, 1.807) is 12.3 Å². The highest BCUT2D eigenvalue weighted by atomic mass is 16.2. The zero-order chi connectivity index (χ0) is 15.9. The van der Waals surface area contributed by atoms with Gasteiger partial charge in [-0.05, 0) is 31.2 Å². The number of piperidine rings is 1. The molecule has 1 aromatic heterocycles. The number of unbranched alkanes of at least 4 members (excludes halogenated alkanes) is 1. The molecule has 0 radical (unpaired) electrons. The Labute approximate surface area is 132 Å². The van der Waals surface area contributed by atoms with Crippen LogP contribution in [-0.2, 0) is 0 Å². The molecule has 2 amide bonds. The number of amides is 2. The third kappa shape index (κ3) is 4.29. The van der Waals surface area contributed by atoms with E-state index >= 15 is 0 Å². The van der Waals surface area contributed by atoms with E-state index in [9.17, 15) is 9.59 Å². The lowest BCUT2D eigenvalue weighted by Gasteiger charge is -2.30. The maximum Gasteiger partial charge on any atom is 0.255 e. The quantitative estimate of drug-likeness (QED) is 0.850. The molecule has 0 aromatic carbocycles. The Kier molecular flexibility index (Phi) is 5.92. The first kappa shape index (κ1) is 16.5.